The van der Waals surface area contributed by atoms with E-state index >= 15 is 0 Å². The fraction of sp³-hybridized carbons (Fsp3) is 0.385. The van der Waals surface area contributed by atoms with Gasteiger partial charge in [0.25, 0.3) is 0 Å². The van der Waals surface area contributed by atoms with E-state index in [1.807, 2.05) is 0 Å². The Morgan fingerprint density at radius 3 is 2.57 bits per heavy atom. The van der Waals surface area contributed by atoms with Crippen molar-refractivity contribution < 1.29 is 23.3 Å². The fourth-order valence-electron chi connectivity index (χ4n) is 2.09. The molecule has 114 valence electrons. The van der Waals surface area contributed by atoms with Gasteiger partial charge in [0.2, 0.25) is 0 Å². The normalized spacial score (nSPS) is 21.6. The van der Waals surface area contributed by atoms with E-state index in [0.717, 1.165) is 18.2 Å². The van der Waals surface area contributed by atoms with Gasteiger partial charge in [0, 0.05) is 28.3 Å². The summed E-state index contributed by atoms with van der Waals surface area (Å²) in [6.07, 6.45) is 1.21. The molecule has 0 saturated carbocycles. The third-order valence-electron chi connectivity index (χ3n) is 3.18. The summed E-state index contributed by atoms with van der Waals surface area (Å²) in [6.45, 7) is 0. The Morgan fingerprint density at radius 1 is 1.29 bits per heavy atom. The maximum Gasteiger partial charge on any atom is 0.337 e. The van der Waals surface area contributed by atoms with Gasteiger partial charge < -0.3 is 15.7 Å². The van der Waals surface area contributed by atoms with Crippen molar-refractivity contribution >= 4 is 28.5 Å². The first-order chi connectivity index (χ1) is 9.95. The molecular formula is C13H15FN2O4S. The van der Waals surface area contributed by atoms with Crippen LogP contribution in [0, 0.1) is 5.82 Å². The van der Waals surface area contributed by atoms with Crippen molar-refractivity contribution in [2.45, 2.75) is 18.9 Å². The number of rotatable bonds is 3. The third-order valence-corrected chi connectivity index (χ3v) is 4.57. The van der Waals surface area contributed by atoms with Crippen LogP contribution in [0.3, 0.4) is 0 Å². The summed E-state index contributed by atoms with van der Waals surface area (Å²) < 4.78 is 24.4. The van der Waals surface area contributed by atoms with Crippen molar-refractivity contribution in [3.05, 3.63) is 29.6 Å². The summed E-state index contributed by atoms with van der Waals surface area (Å²) in [5, 5.41) is 14.0. The molecule has 1 fully saturated rings. The molecule has 0 atom stereocenters. The molecule has 1 saturated heterocycles. The van der Waals surface area contributed by atoms with E-state index in [2.05, 4.69) is 10.6 Å². The van der Waals surface area contributed by atoms with Crippen LogP contribution in [0.5, 0.6) is 0 Å². The Kier molecular flexibility index (Phi) is 4.89. The zero-order chi connectivity index (χ0) is 15.4. The van der Waals surface area contributed by atoms with Gasteiger partial charge in [0.05, 0.1) is 11.3 Å². The smallest absolute Gasteiger partial charge is 0.337 e. The lowest BCUT2D eigenvalue weighted by Crippen LogP contribution is -2.41. The Hall–Kier alpha value is -1.96. The Morgan fingerprint density at radius 2 is 1.95 bits per heavy atom. The first-order valence-electron chi connectivity index (χ1n) is 6.41. The van der Waals surface area contributed by atoms with Crippen LogP contribution in [0.2, 0.25) is 0 Å². The number of nitrogens with one attached hydrogen (secondary N) is 2. The molecule has 1 aliphatic rings. The van der Waals surface area contributed by atoms with Crippen molar-refractivity contribution in [3.8, 4) is 0 Å². The Labute approximate surface area is 123 Å². The predicted octanol–water partition coefficient (Wildman–Crippen LogP) is 1.56. The van der Waals surface area contributed by atoms with Gasteiger partial charge in [-0.1, -0.05) is 0 Å². The molecule has 6 nitrogen and oxygen atoms in total. The van der Waals surface area contributed by atoms with Gasteiger partial charge in [0.15, 0.2) is 0 Å². The molecule has 0 radical (unpaired) electrons. The number of aromatic carboxylic acids is 1. The molecule has 21 heavy (non-hydrogen) atoms. The van der Waals surface area contributed by atoms with Gasteiger partial charge in [-0.2, -0.15) is 0 Å². The quantitative estimate of drug-likeness (QED) is 0.789. The zero-order valence-electron chi connectivity index (χ0n) is 11.1. The van der Waals surface area contributed by atoms with E-state index in [-0.39, 0.29) is 17.3 Å². The number of halogens is 1. The maximum absolute atomic E-state index is 13.2. The van der Waals surface area contributed by atoms with Crippen LogP contribution in [-0.4, -0.2) is 38.9 Å². The van der Waals surface area contributed by atoms with Crippen molar-refractivity contribution in [3.63, 3.8) is 0 Å². The van der Waals surface area contributed by atoms with Crippen LogP contribution in [0.4, 0.5) is 14.9 Å². The standard InChI is InChI=1S/C13H15FN2O4S/c14-8-1-2-10(12(17)18)11(7-8)16-13(19)15-9-3-5-21(20)6-4-9/h1-2,7,9H,3-6H2,(H,17,18)(H2,15,16,19). The summed E-state index contributed by atoms with van der Waals surface area (Å²) in [6, 6.07) is 2.37. The number of benzene rings is 1. The van der Waals surface area contributed by atoms with E-state index < -0.39 is 28.6 Å². The maximum atomic E-state index is 13.2. The first-order valence-corrected chi connectivity index (χ1v) is 7.90. The van der Waals surface area contributed by atoms with Crippen molar-refractivity contribution in [1.29, 1.82) is 0 Å². The number of carbonyl (C=O) groups is 2. The van der Waals surface area contributed by atoms with E-state index in [0.29, 0.717) is 24.3 Å². The molecule has 1 heterocycles. The summed E-state index contributed by atoms with van der Waals surface area (Å²) in [5.41, 5.74) is -0.282. The minimum Gasteiger partial charge on any atom is -0.478 e. The molecule has 1 aromatic carbocycles. The molecule has 0 aromatic heterocycles. The van der Waals surface area contributed by atoms with Crippen LogP contribution >= 0.6 is 0 Å². The van der Waals surface area contributed by atoms with Crippen LogP contribution in [0.1, 0.15) is 23.2 Å². The van der Waals surface area contributed by atoms with Gasteiger partial charge >= 0.3 is 12.0 Å². The molecule has 0 aliphatic carbocycles. The average molecular weight is 314 g/mol. The van der Waals surface area contributed by atoms with E-state index in [1.165, 1.54) is 0 Å². The number of carboxylic acids is 1. The van der Waals surface area contributed by atoms with Gasteiger partial charge in [-0.15, -0.1) is 0 Å². The number of anilines is 1. The second-order valence-corrected chi connectivity index (χ2v) is 6.41. The van der Waals surface area contributed by atoms with E-state index in [4.69, 9.17) is 5.11 Å². The average Bonchev–Trinajstić information content (AvgIpc) is 2.41. The van der Waals surface area contributed by atoms with Gasteiger partial charge in [-0.05, 0) is 31.0 Å². The minimum atomic E-state index is -1.25. The highest BCUT2D eigenvalue weighted by molar-refractivity contribution is 7.85. The number of carboxylic acid groups (broad SMARTS) is 1. The second-order valence-electron chi connectivity index (χ2n) is 4.72. The van der Waals surface area contributed by atoms with Gasteiger partial charge in [-0.25, -0.2) is 14.0 Å². The lowest BCUT2D eigenvalue weighted by atomic mass is 10.1. The zero-order valence-corrected chi connectivity index (χ0v) is 11.9. The molecule has 1 aliphatic heterocycles. The molecule has 0 bridgehead atoms. The third kappa shape index (κ3) is 4.25. The lowest BCUT2D eigenvalue weighted by Gasteiger charge is -2.22. The fourth-order valence-corrected chi connectivity index (χ4v) is 3.39. The van der Waals surface area contributed by atoms with Crippen molar-refractivity contribution in [2.24, 2.45) is 0 Å². The topological polar surface area (TPSA) is 95.5 Å². The highest BCUT2D eigenvalue weighted by atomic mass is 32.2. The number of hydrogen-bond acceptors (Lipinski definition) is 3. The predicted molar refractivity (Wildman–Crippen MR) is 76.4 cm³/mol. The molecule has 2 amide bonds. The molecule has 1 aromatic rings. The van der Waals surface area contributed by atoms with Crippen LogP contribution in [-0.2, 0) is 10.8 Å². The Balaban J connectivity index is 2.01. The number of amides is 2. The number of hydrogen-bond donors (Lipinski definition) is 3. The highest BCUT2D eigenvalue weighted by Gasteiger charge is 2.20. The highest BCUT2D eigenvalue weighted by Crippen LogP contribution is 2.17. The molecule has 3 N–H and O–H groups in total. The second kappa shape index (κ2) is 6.66. The Bertz CT molecular complexity index is 584. The summed E-state index contributed by atoms with van der Waals surface area (Å²) in [7, 11) is -0.826. The van der Waals surface area contributed by atoms with Gasteiger partial charge in [0.1, 0.15) is 5.82 Å². The molecule has 2 rings (SSSR count). The molecule has 8 heteroatoms. The van der Waals surface area contributed by atoms with Crippen LogP contribution in [0.15, 0.2) is 18.2 Å². The summed E-state index contributed by atoms with van der Waals surface area (Å²) >= 11 is 0. The summed E-state index contributed by atoms with van der Waals surface area (Å²) in [4.78, 5) is 22.8. The first kappa shape index (κ1) is 15.4. The molecule has 0 unspecified atom stereocenters. The SMILES string of the molecule is O=C(Nc1cc(F)ccc1C(=O)O)NC1CCS(=O)CC1. The summed E-state index contributed by atoms with van der Waals surface area (Å²) in [5.74, 6) is -0.821. The van der Waals surface area contributed by atoms with Crippen molar-refractivity contribution in [1.82, 2.24) is 5.32 Å². The van der Waals surface area contributed by atoms with E-state index in [1.54, 1.807) is 0 Å². The van der Waals surface area contributed by atoms with E-state index in [9.17, 15) is 18.2 Å². The largest absolute Gasteiger partial charge is 0.478 e. The van der Waals surface area contributed by atoms with Crippen LogP contribution in [0.25, 0.3) is 0 Å². The van der Waals surface area contributed by atoms with Crippen LogP contribution < -0.4 is 10.6 Å². The lowest BCUT2D eigenvalue weighted by molar-refractivity contribution is 0.0698. The monoisotopic (exact) mass is 314 g/mol. The number of carbonyl (C=O) groups excluding carboxylic acids is 1. The van der Waals surface area contributed by atoms with Crippen molar-refractivity contribution in [2.75, 3.05) is 16.8 Å². The number of urea groups is 1. The molecule has 0 spiro atoms. The van der Waals surface area contributed by atoms with Gasteiger partial charge in [-0.3, -0.25) is 4.21 Å². The minimum absolute atomic E-state index is 0.0978. The molecular weight excluding hydrogens is 299 g/mol.